The van der Waals surface area contributed by atoms with E-state index in [-0.39, 0.29) is 0 Å². The predicted molar refractivity (Wildman–Crippen MR) is 118 cm³/mol. The van der Waals surface area contributed by atoms with Crippen molar-refractivity contribution in [2.75, 3.05) is 6.61 Å². The molecule has 0 spiro atoms. The highest BCUT2D eigenvalue weighted by molar-refractivity contribution is 9.10. The SMILES string of the molecule is C[Si](C)(C)CC[C@](CCCOC(N)=O)(Oc1cccc(Br)c1)c1cccs1. The summed E-state index contributed by atoms with van der Waals surface area (Å²) in [7, 11) is -1.26. The summed E-state index contributed by atoms with van der Waals surface area (Å²) in [4.78, 5) is 12.1. The first kappa shape index (κ1) is 22.0. The predicted octanol–water partition coefficient (Wildman–Crippen LogP) is 6.39. The standard InChI is InChI=1S/C20H28BrNO3SSi/c1-27(2,3)14-11-20(18-9-5-13-26-18,10-6-12-24-19(22)23)25-17-8-4-7-16(21)15-17/h4-5,7-9,13,15H,6,10-12,14H2,1-3H3,(H2,22,23)/t20-/m0/s1. The van der Waals surface area contributed by atoms with Gasteiger partial charge in [0.15, 0.2) is 0 Å². The van der Waals surface area contributed by atoms with Gasteiger partial charge in [-0.2, -0.15) is 0 Å². The second kappa shape index (κ2) is 9.75. The van der Waals surface area contributed by atoms with Crippen molar-refractivity contribution in [3.05, 3.63) is 51.1 Å². The monoisotopic (exact) mass is 469 g/mol. The molecule has 1 atom stereocenters. The molecule has 0 bridgehead atoms. The summed E-state index contributed by atoms with van der Waals surface area (Å²) in [5.41, 5.74) is 4.67. The minimum atomic E-state index is -1.26. The Kier molecular flexibility index (Phi) is 7.94. The zero-order chi connectivity index (χ0) is 19.9. The third-order valence-electron chi connectivity index (χ3n) is 4.33. The fourth-order valence-electron chi connectivity index (χ4n) is 2.93. The Morgan fingerprint density at radius 2 is 2.00 bits per heavy atom. The van der Waals surface area contributed by atoms with Crippen LogP contribution in [0.25, 0.3) is 0 Å². The van der Waals surface area contributed by atoms with Crippen LogP contribution in [0.1, 0.15) is 24.1 Å². The number of nitrogens with two attached hydrogens (primary N) is 1. The number of amides is 1. The maximum Gasteiger partial charge on any atom is 0.404 e. The molecular formula is C20H28BrNO3SSi. The van der Waals surface area contributed by atoms with Gasteiger partial charge in [-0.1, -0.05) is 53.7 Å². The van der Waals surface area contributed by atoms with Crippen LogP contribution in [0.15, 0.2) is 46.3 Å². The van der Waals surface area contributed by atoms with E-state index in [1.165, 1.54) is 4.88 Å². The molecule has 4 nitrogen and oxygen atoms in total. The first-order valence-electron chi connectivity index (χ1n) is 9.11. The number of thiophene rings is 1. The summed E-state index contributed by atoms with van der Waals surface area (Å²) >= 11 is 5.24. The molecule has 0 aliphatic rings. The van der Waals surface area contributed by atoms with Gasteiger partial charge in [-0.15, -0.1) is 11.3 Å². The number of primary amides is 1. The molecule has 27 heavy (non-hydrogen) atoms. The molecule has 0 aliphatic heterocycles. The molecule has 0 aliphatic carbocycles. The van der Waals surface area contributed by atoms with Crippen molar-refractivity contribution in [3.8, 4) is 5.75 Å². The van der Waals surface area contributed by atoms with Crippen molar-refractivity contribution >= 4 is 41.4 Å². The number of ether oxygens (including phenoxy) is 2. The van der Waals surface area contributed by atoms with Crippen molar-refractivity contribution in [1.82, 2.24) is 0 Å². The van der Waals surface area contributed by atoms with E-state index in [2.05, 4.69) is 53.1 Å². The van der Waals surface area contributed by atoms with Gasteiger partial charge in [0.1, 0.15) is 11.4 Å². The van der Waals surface area contributed by atoms with Crippen molar-refractivity contribution in [1.29, 1.82) is 0 Å². The number of carbonyl (C=O) groups is 1. The van der Waals surface area contributed by atoms with Crippen LogP contribution in [-0.2, 0) is 10.3 Å². The summed E-state index contributed by atoms with van der Waals surface area (Å²) in [6.07, 6.45) is 1.66. The number of benzene rings is 1. The minimum absolute atomic E-state index is 0.303. The molecule has 0 fully saturated rings. The highest BCUT2D eigenvalue weighted by atomic mass is 79.9. The highest BCUT2D eigenvalue weighted by Gasteiger charge is 2.37. The van der Waals surface area contributed by atoms with E-state index < -0.39 is 19.8 Å². The summed E-state index contributed by atoms with van der Waals surface area (Å²) in [6.45, 7) is 7.43. The average Bonchev–Trinajstić information content (AvgIpc) is 3.10. The van der Waals surface area contributed by atoms with Gasteiger partial charge < -0.3 is 15.2 Å². The molecule has 7 heteroatoms. The summed E-state index contributed by atoms with van der Waals surface area (Å²) in [5.74, 6) is 0.837. The summed E-state index contributed by atoms with van der Waals surface area (Å²) in [5, 5.41) is 2.09. The van der Waals surface area contributed by atoms with E-state index in [4.69, 9.17) is 15.2 Å². The topological polar surface area (TPSA) is 61.5 Å². The van der Waals surface area contributed by atoms with E-state index >= 15 is 0 Å². The third kappa shape index (κ3) is 7.31. The van der Waals surface area contributed by atoms with E-state index in [1.54, 1.807) is 11.3 Å². The highest BCUT2D eigenvalue weighted by Crippen LogP contribution is 2.41. The molecule has 148 valence electrons. The molecule has 0 unspecified atom stereocenters. The molecule has 2 N–H and O–H groups in total. The van der Waals surface area contributed by atoms with Crippen molar-refractivity contribution in [3.63, 3.8) is 0 Å². The zero-order valence-corrected chi connectivity index (χ0v) is 19.6. The van der Waals surface area contributed by atoms with E-state index in [1.807, 2.05) is 24.3 Å². The molecule has 0 saturated heterocycles. The third-order valence-corrected chi connectivity index (χ3v) is 7.63. The Morgan fingerprint density at radius 3 is 2.59 bits per heavy atom. The molecule has 0 radical (unpaired) electrons. The van der Waals surface area contributed by atoms with Gasteiger partial charge in [-0.05, 0) is 48.9 Å². The Morgan fingerprint density at radius 1 is 1.22 bits per heavy atom. The second-order valence-electron chi connectivity index (χ2n) is 7.86. The maximum absolute atomic E-state index is 10.9. The minimum Gasteiger partial charge on any atom is -0.482 e. The van der Waals surface area contributed by atoms with E-state index in [9.17, 15) is 4.79 Å². The van der Waals surface area contributed by atoms with Crippen LogP contribution in [0, 0.1) is 0 Å². The first-order chi connectivity index (χ1) is 12.7. The Hall–Kier alpha value is -1.31. The van der Waals surface area contributed by atoms with Gasteiger partial charge >= 0.3 is 6.09 Å². The number of rotatable bonds is 10. The molecular weight excluding hydrogens is 442 g/mol. The maximum atomic E-state index is 10.9. The van der Waals surface area contributed by atoms with Gasteiger partial charge in [-0.25, -0.2) is 4.79 Å². The lowest BCUT2D eigenvalue weighted by molar-refractivity contribution is 0.0458. The van der Waals surface area contributed by atoms with Crippen molar-refractivity contribution in [2.45, 2.75) is 50.5 Å². The van der Waals surface area contributed by atoms with Gasteiger partial charge in [0.25, 0.3) is 0 Å². The van der Waals surface area contributed by atoms with E-state index in [0.717, 1.165) is 29.1 Å². The lowest BCUT2D eigenvalue weighted by atomic mass is 9.92. The number of carbonyl (C=O) groups excluding carboxylic acids is 1. The molecule has 2 aromatic rings. The Labute approximate surface area is 175 Å². The van der Waals surface area contributed by atoms with Gasteiger partial charge in [0.05, 0.1) is 6.61 Å². The summed E-state index contributed by atoms with van der Waals surface area (Å²) < 4.78 is 12.6. The van der Waals surface area contributed by atoms with Gasteiger partial charge in [0.2, 0.25) is 0 Å². The zero-order valence-electron chi connectivity index (χ0n) is 16.2. The Bertz CT molecular complexity index is 733. The number of hydrogen-bond donors (Lipinski definition) is 1. The fourth-order valence-corrected chi connectivity index (χ4v) is 5.38. The number of hydrogen-bond acceptors (Lipinski definition) is 4. The van der Waals surface area contributed by atoms with E-state index in [0.29, 0.717) is 13.0 Å². The van der Waals surface area contributed by atoms with Crippen LogP contribution in [-0.4, -0.2) is 20.8 Å². The number of halogens is 1. The molecule has 1 aromatic heterocycles. The van der Waals surface area contributed by atoms with Crippen molar-refractivity contribution in [2.24, 2.45) is 5.73 Å². The van der Waals surface area contributed by atoms with Crippen LogP contribution < -0.4 is 10.5 Å². The normalized spacial score (nSPS) is 13.8. The van der Waals surface area contributed by atoms with Crippen LogP contribution in [0.3, 0.4) is 0 Å². The van der Waals surface area contributed by atoms with Crippen LogP contribution in [0.5, 0.6) is 5.75 Å². The lowest BCUT2D eigenvalue weighted by Gasteiger charge is -2.36. The van der Waals surface area contributed by atoms with Crippen molar-refractivity contribution < 1.29 is 14.3 Å². The van der Waals surface area contributed by atoms with Crippen LogP contribution >= 0.6 is 27.3 Å². The summed E-state index contributed by atoms with van der Waals surface area (Å²) in [6, 6.07) is 13.3. The molecule has 0 saturated carbocycles. The fraction of sp³-hybridized carbons (Fsp3) is 0.450. The lowest BCUT2D eigenvalue weighted by Crippen LogP contribution is -2.36. The molecule has 2 rings (SSSR count). The van der Waals surface area contributed by atoms with Gasteiger partial charge in [-0.3, -0.25) is 0 Å². The molecule has 1 amide bonds. The first-order valence-corrected chi connectivity index (χ1v) is 14.5. The van der Waals surface area contributed by atoms with Gasteiger partial charge in [0, 0.05) is 17.4 Å². The average molecular weight is 471 g/mol. The van der Waals surface area contributed by atoms with Crippen LogP contribution in [0.2, 0.25) is 25.7 Å². The second-order valence-corrected chi connectivity index (χ2v) is 15.3. The quantitative estimate of drug-likeness (QED) is 0.323. The largest absolute Gasteiger partial charge is 0.482 e. The van der Waals surface area contributed by atoms with Crippen LogP contribution in [0.4, 0.5) is 4.79 Å². The molecule has 1 heterocycles. The smallest absolute Gasteiger partial charge is 0.404 e. The molecule has 1 aromatic carbocycles. The Balaban J connectivity index is 2.30.